The number of carbonyl (C=O) groups is 2. The van der Waals surface area contributed by atoms with Crippen LogP contribution in [0, 0.1) is 0 Å². The van der Waals surface area contributed by atoms with Crippen LogP contribution in [0.3, 0.4) is 0 Å². The number of nitrogens with one attached hydrogen (secondary N) is 1. The highest BCUT2D eigenvalue weighted by Crippen LogP contribution is 2.26. The lowest BCUT2D eigenvalue weighted by atomic mass is 10.1. The van der Waals surface area contributed by atoms with Crippen LogP contribution >= 0.6 is 11.3 Å². The highest BCUT2D eigenvalue weighted by molar-refractivity contribution is 7.17. The van der Waals surface area contributed by atoms with E-state index in [9.17, 15) is 9.59 Å². The van der Waals surface area contributed by atoms with Gasteiger partial charge in [-0.05, 0) is 24.0 Å². The lowest BCUT2D eigenvalue weighted by Gasteiger charge is -2.09. The van der Waals surface area contributed by atoms with Gasteiger partial charge in [0.2, 0.25) is 0 Å². The van der Waals surface area contributed by atoms with Crippen LogP contribution < -0.4 is 5.32 Å². The second-order valence-corrected chi connectivity index (χ2v) is 7.41. The first-order valence-electron chi connectivity index (χ1n) is 8.56. The second kappa shape index (κ2) is 7.32. The summed E-state index contributed by atoms with van der Waals surface area (Å²) in [6.45, 7) is 0. The van der Waals surface area contributed by atoms with E-state index in [0.717, 1.165) is 18.0 Å². The third kappa shape index (κ3) is 3.75. The molecule has 0 radical (unpaired) electrons. The summed E-state index contributed by atoms with van der Waals surface area (Å²) < 4.78 is 5.97. The molecule has 1 N–H and O–H groups in total. The number of ether oxygens (including phenoxy) is 1. The monoisotopic (exact) mass is 382 g/mol. The number of benzene rings is 1. The molecule has 7 nitrogen and oxygen atoms in total. The van der Waals surface area contributed by atoms with Crippen molar-refractivity contribution in [3.05, 3.63) is 64.7 Å². The minimum atomic E-state index is -0.394. The molecule has 1 aromatic carbocycles. The molecular weight excluding hydrogens is 364 g/mol. The molecule has 1 aliphatic rings. The largest absolute Gasteiger partial charge is 0.469 e. The van der Waals surface area contributed by atoms with Crippen molar-refractivity contribution in [2.45, 2.75) is 25.3 Å². The number of anilines is 1. The number of carbonyl (C=O) groups excluding carboxylic acids is 2. The number of esters is 1. The molecule has 0 amide bonds. The van der Waals surface area contributed by atoms with E-state index in [2.05, 4.69) is 44.3 Å². The molecular formula is C19H18N4O3S. The quantitative estimate of drug-likeness (QED) is 0.682. The van der Waals surface area contributed by atoms with Crippen molar-refractivity contribution >= 4 is 28.3 Å². The van der Waals surface area contributed by atoms with E-state index in [1.54, 1.807) is 12.4 Å². The normalized spacial score (nSPS) is 13.4. The van der Waals surface area contributed by atoms with Gasteiger partial charge in [0.25, 0.3) is 5.91 Å². The maximum Gasteiger partial charge on any atom is 0.311 e. The predicted octanol–water partition coefficient (Wildman–Crippen LogP) is 2.32. The van der Waals surface area contributed by atoms with Crippen molar-refractivity contribution < 1.29 is 14.3 Å². The first-order valence-corrected chi connectivity index (χ1v) is 9.37. The summed E-state index contributed by atoms with van der Waals surface area (Å²) in [5, 5.41) is 4.15. The Morgan fingerprint density at radius 3 is 2.70 bits per heavy atom. The van der Waals surface area contributed by atoms with Crippen LogP contribution in [0.2, 0.25) is 0 Å². The van der Waals surface area contributed by atoms with Gasteiger partial charge in [0.1, 0.15) is 11.2 Å². The van der Waals surface area contributed by atoms with Crippen LogP contribution in [-0.2, 0) is 28.8 Å². The van der Waals surface area contributed by atoms with Crippen molar-refractivity contribution in [2.75, 3.05) is 12.4 Å². The number of thiazole rings is 1. The Kier molecular flexibility index (Phi) is 4.72. The summed E-state index contributed by atoms with van der Waals surface area (Å²) >= 11 is 1.32. The molecule has 3 aromatic rings. The molecule has 0 fully saturated rings. The molecule has 0 saturated carbocycles. The zero-order valence-electron chi connectivity index (χ0n) is 14.7. The third-order valence-corrected chi connectivity index (χ3v) is 5.44. The second-order valence-electron chi connectivity index (χ2n) is 6.38. The van der Waals surface area contributed by atoms with Crippen molar-refractivity contribution in [3.63, 3.8) is 0 Å². The van der Waals surface area contributed by atoms with E-state index in [4.69, 9.17) is 0 Å². The molecule has 1 aliphatic carbocycles. The molecule has 8 heteroatoms. The minimum Gasteiger partial charge on any atom is -0.469 e. The molecule has 0 atom stereocenters. The van der Waals surface area contributed by atoms with Gasteiger partial charge in [-0.2, -0.15) is 0 Å². The van der Waals surface area contributed by atoms with Gasteiger partial charge in [-0.15, -0.1) is 0 Å². The summed E-state index contributed by atoms with van der Waals surface area (Å²) in [6, 6.07) is 8.70. The minimum absolute atomic E-state index is 0.0362. The van der Waals surface area contributed by atoms with Crippen molar-refractivity contribution in [2.24, 2.45) is 0 Å². The molecule has 0 spiro atoms. The number of hydrogen-bond acceptors (Lipinski definition) is 7. The lowest BCUT2D eigenvalue weighted by molar-refractivity contribution is -0.139. The van der Waals surface area contributed by atoms with Crippen LogP contribution in [0.5, 0.6) is 0 Å². The number of methoxy groups -OCH3 is 1. The van der Waals surface area contributed by atoms with Gasteiger partial charge in [-0.25, -0.2) is 9.97 Å². The Morgan fingerprint density at radius 1 is 1.26 bits per heavy atom. The molecule has 0 saturated heterocycles. The van der Waals surface area contributed by atoms with E-state index < -0.39 is 5.97 Å². The fourth-order valence-corrected chi connectivity index (χ4v) is 4.03. The first-order chi connectivity index (χ1) is 13.1. The molecule has 0 bridgehead atoms. The summed E-state index contributed by atoms with van der Waals surface area (Å²) in [7, 11) is 1.32. The number of aromatic nitrogens is 3. The predicted molar refractivity (Wildman–Crippen MR) is 101 cm³/mol. The smallest absolute Gasteiger partial charge is 0.311 e. The standard InChI is InChI=1S/C19H18N4O3S/c1-26-17(24)8-15-10-23(11-21-15)18(25)16-9-20-19(27-16)22-14-6-12-4-2-3-5-13(12)7-14/h2-5,9-11,14H,6-8H2,1H3,(H,20,22). The Bertz CT molecular complexity index is 969. The maximum atomic E-state index is 12.6. The van der Waals surface area contributed by atoms with Crippen LogP contribution in [0.15, 0.2) is 43.0 Å². The van der Waals surface area contributed by atoms with E-state index in [1.165, 1.54) is 40.5 Å². The fourth-order valence-electron chi connectivity index (χ4n) is 3.19. The van der Waals surface area contributed by atoms with Gasteiger partial charge in [0.05, 0.1) is 25.4 Å². The van der Waals surface area contributed by atoms with Crippen molar-refractivity contribution in [1.29, 1.82) is 0 Å². The Morgan fingerprint density at radius 2 is 2.00 bits per heavy atom. The summed E-state index contributed by atoms with van der Waals surface area (Å²) in [4.78, 5) is 32.8. The zero-order valence-corrected chi connectivity index (χ0v) is 15.5. The topological polar surface area (TPSA) is 86.1 Å². The van der Waals surface area contributed by atoms with Crippen molar-refractivity contribution in [1.82, 2.24) is 14.5 Å². The maximum absolute atomic E-state index is 12.6. The highest BCUT2D eigenvalue weighted by Gasteiger charge is 2.22. The van der Waals surface area contributed by atoms with E-state index >= 15 is 0 Å². The van der Waals surface area contributed by atoms with E-state index in [1.807, 2.05) is 0 Å². The molecule has 0 aliphatic heterocycles. The number of imidazole rings is 1. The van der Waals surface area contributed by atoms with Crippen LogP contribution in [0.25, 0.3) is 0 Å². The Hall–Kier alpha value is -3.00. The number of hydrogen-bond donors (Lipinski definition) is 1. The highest BCUT2D eigenvalue weighted by atomic mass is 32.1. The number of fused-ring (bicyclic) bond motifs is 1. The SMILES string of the molecule is COC(=O)Cc1cn(C(=O)c2cnc(NC3Cc4ccccc4C3)s2)cn1. The Labute approximate surface area is 160 Å². The van der Waals surface area contributed by atoms with E-state index in [0.29, 0.717) is 10.6 Å². The fraction of sp³-hybridized carbons (Fsp3) is 0.263. The molecule has 138 valence electrons. The van der Waals surface area contributed by atoms with Gasteiger partial charge in [-0.3, -0.25) is 14.2 Å². The molecule has 0 unspecified atom stereocenters. The van der Waals surface area contributed by atoms with Gasteiger partial charge >= 0.3 is 5.97 Å². The van der Waals surface area contributed by atoms with Crippen LogP contribution in [0.1, 0.15) is 26.5 Å². The molecule has 27 heavy (non-hydrogen) atoms. The molecule has 2 heterocycles. The van der Waals surface area contributed by atoms with Gasteiger partial charge in [-0.1, -0.05) is 35.6 Å². The summed E-state index contributed by atoms with van der Waals surface area (Å²) in [5.41, 5.74) is 3.21. The third-order valence-electron chi connectivity index (χ3n) is 4.52. The molecule has 4 rings (SSSR count). The van der Waals surface area contributed by atoms with Gasteiger partial charge in [0.15, 0.2) is 5.13 Å². The van der Waals surface area contributed by atoms with Gasteiger partial charge in [0, 0.05) is 12.2 Å². The average Bonchev–Trinajstić information content (AvgIpc) is 3.40. The number of rotatable bonds is 5. The van der Waals surface area contributed by atoms with Crippen LogP contribution in [0.4, 0.5) is 5.13 Å². The Balaban J connectivity index is 1.41. The van der Waals surface area contributed by atoms with Crippen molar-refractivity contribution in [3.8, 4) is 0 Å². The lowest BCUT2D eigenvalue weighted by Crippen LogP contribution is -2.19. The first kappa shape index (κ1) is 17.4. The van der Waals surface area contributed by atoms with E-state index in [-0.39, 0.29) is 18.4 Å². The molecule has 2 aromatic heterocycles. The van der Waals surface area contributed by atoms with Crippen LogP contribution in [-0.4, -0.2) is 39.6 Å². The zero-order chi connectivity index (χ0) is 18.8. The van der Waals surface area contributed by atoms with Gasteiger partial charge < -0.3 is 10.1 Å². The summed E-state index contributed by atoms with van der Waals surface area (Å²) in [6.07, 6.45) is 6.46. The number of nitrogens with zero attached hydrogens (tertiary/aromatic N) is 3. The average molecular weight is 382 g/mol. The summed E-state index contributed by atoms with van der Waals surface area (Å²) in [5.74, 6) is -0.617.